The fourth-order valence-corrected chi connectivity index (χ4v) is 11.9. The minimum absolute atomic E-state index is 0.521. The molecule has 0 unspecified atom stereocenters. The van der Waals surface area contributed by atoms with Crippen LogP contribution in [0, 0.1) is 34.0 Å². The number of nitriles is 3. The zero-order valence-electron chi connectivity index (χ0n) is 43.3. The van der Waals surface area contributed by atoms with E-state index in [4.69, 9.17) is 9.97 Å². The zero-order chi connectivity index (χ0) is 54.1. The molecule has 0 amide bonds. The van der Waals surface area contributed by atoms with Crippen molar-refractivity contribution >= 4 is 65.4 Å². The quantitative estimate of drug-likeness (QED) is 0.150. The van der Waals surface area contributed by atoms with Crippen LogP contribution in [-0.2, 0) is 0 Å². The van der Waals surface area contributed by atoms with Gasteiger partial charge in [-0.05, 0) is 144 Å². The molecule has 0 saturated carbocycles. The molecule has 15 rings (SSSR count). The first-order valence-electron chi connectivity index (χ1n) is 26.7. The van der Waals surface area contributed by atoms with E-state index >= 15 is 0 Å². The summed E-state index contributed by atoms with van der Waals surface area (Å²) in [6.07, 6.45) is 0. The molecule has 0 spiro atoms. The SMILES string of the molecule is N#Cc1ccc(-c2cc(-c3ccc(-c4ccc(-c5ccc(-n6c7ccc(-n8c9ccccc9c9ccccc98)cc7c7cc(-n8c9ccccc9c9ccccc98)ccc76)cc5)c(C#N)c4)cc3)nc(-c3ccc(C#N)cc3)n2)cc1. The third kappa shape index (κ3) is 7.73. The first-order chi connectivity index (χ1) is 40.0. The number of aromatic nitrogens is 5. The Labute approximate surface area is 465 Å². The summed E-state index contributed by atoms with van der Waals surface area (Å²) in [4.78, 5) is 9.90. The molecule has 4 heterocycles. The lowest BCUT2D eigenvalue weighted by Gasteiger charge is -2.13. The van der Waals surface area contributed by atoms with E-state index < -0.39 is 0 Å². The molecule has 0 aliphatic heterocycles. The molecule has 8 heteroatoms. The number of para-hydroxylation sites is 4. The van der Waals surface area contributed by atoms with Gasteiger partial charge in [0.1, 0.15) is 0 Å². The minimum Gasteiger partial charge on any atom is -0.309 e. The summed E-state index contributed by atoms with van der Waals surface area (Å²) in [5.74, 6) is 0.521. The molecule has 11 aromatic carbocycles. The largest absolute Gasteiger partial charge is 0.309 e. The van der Waals surface area contributed by atoms with Crippen LogP contribution in [0.4, 0.5) is 0 Å². The van der Waals surface area contributed by atoms with E-state index in [2.05, 4.69) is 208 Å². The molecule has 0 N–H and O–H groups in total. The Bertz CT molecular complexity index is 4820. The van der Waals surface area contributed by atoms with Crippen molar-refractivity contribution in [3.8, 4) is 91.4 Å². The molecule has 374 valence electrons. The van der Waals surface area contributed by atoms with Crippen molar-refractivity contribution in [1.29, 1.82) is 15.8 Å². The van der Waals surface area contributed by atoms with Crippen molar-refractivity contribution in [1.82, 2.24) is 23.7 Å². The highest BCUT2D eigenvalue weighted by atomic mass is 15.0. The normalized spacial score (nSPS) is 11.4. The smallest absolute Gasteiger partial charge is 0.160 e. The van der Waals surface area contributed by atoms with Crippen LogP contribution in [0.25, 0.3) is 139 Å². The summed E-state index contributed by atoms with van der Waals surface area (Å²) in [6, 6.07) is 94.5. The van der Waals surface area contributed by atoms with Crippen molar-refractivity contribution in [3.63, 3.8) is 0 Å². The summed E-state index contributed by atoms with van der Waals surface area (Å²) in [7, 11) is 0. The van der Waals surface area contributed by atoms with Gasteiger partial charge in [-0.2, -0.15) is 15.8 Å². The van der Waals surface area contributed by atoms with Crippen molar-refractivity contribution < 1.29 is 0 Å². The third-order valence-electron chi connectivity index (χ3n) is 15.8. The number of nitrogens with zero attached hydrogens (tertiary/aromatic N) is 8. The van der Waals surface area contributed by atoms with E-state index in [9.17, 15) is 15.8 Å². The fraction of sp³-hybridized carbons (Fsp3) is 0. The number of benzene rings is 11. The Morgan fingerprint density at radius 2 is 0.642 bits per heavy atom. The highest BCUT2D eigenvalue weighted by molar-refractivity contribution is 6.14. The lowest BCUT2D eigenvalue weighted by Crippen LogP contribution is -1.96. The van der Waals surface area contributed by atoms with Gasteiger partial charge in [0.25, 0.3) is 0 Å². The molecule has 81 heavy (non-hydrogen) atoms. The van der Waals surface area contributed by atoms with E-state index in [1.807, 2.05) is 54.6 Å². The average molecular weight is 1030 g/mol. The van der Waals surface area contributed by atoms with Crippen LogP contribution >= 0.6 is 0 Å². The topological polar surface area (TPSA) is 112 Å². The third-order valence-corrected chi connectivity index (χ3v) is 15.8. The second kappa shape index (κ2) is 18.8. The van der Waals surface area contributed by atoms with Gasteiger partial charge < -0.3 is 13.7 Å². The number of hydrogen-bond acceptors (Lipinski definition) is 5. The van der Waals surface area contributed by atoms with Crippen LogP contribution in [0.3, 0.4) is 0 Å². The van der Waals surface area contributed by atoms with Gasteiger partial charge in [-0.3, -0.25) is 0 Å². The van der Waals surface area contributed by atoms with Crippen LogP contribution < -0.4 is 0 Å². The van der Waals surface area contributed by atoms with Gasteiger partial charge in [-0.1, -0.05) is 133 Å². The predicted molar refractivity (Wildman–Crippen MR) is 326 cm³/mol. The monoisotopic (exact) mass is 1030 g/mol. The predicted octanol–water partition coefficient (Wildman–Crippen LogP) is 17.7. The maximum atomic E-state index is 10.7. The van der Waals surface area contributed by atoms with E-state index in [1.165, 1.54) is 21.5 Å². The van der Waals surface area contributed by atoms with Crippen LogP contribution in [0.2, 0.25) is 0 Å². The van der Waals surface area contributed by atoms with Crippen molar-refractivity contribution in [2.24, 2.45) is 0 Å². The van der Waals surface area contributed by atoms with Crippen LogP contribution in [0.5, 0.6) is 0 Å². The summed E-state index contributed by atoms with van der Waals surface area (Å²) in [6.45, 7) is 0. The molecular weight excluding hydrogens is 989 g/mol. The van der Waals surface area contributed by atoms with Gasteiger partial charge in [0.05, 0.1) is 79.4 Å². The van der Waals surface area contributed by atoms with Gasteiger partial charge in [0.2, 0.25) is 0 Å². The molecule has 8 nitrogen and oxygen atoms in total. The Kier molecular flexibility index (Phi) is 10.8. The van der Waals surface area contributed by atoms with Gasteiger partial charge in [-0.25, -0.2) is 9.97 Å². The van der Waals surface area contributed by atoms with Crippen molar-refractivity contribution in [3.05, 3.63) is 271 Å². The number of rotatable bonds is 8. The first-order valence-corrected chi connectivity index (χ1v) is 26.7. The van der Waals surface area contributed by atoms with Crippen LogP contribution in [0.15, 0.2) is 255 Å². The molecular formula is C73H42N8. The lowest BCUT2D eigenvalue weighted by molar-refractivity contribution is 1.16. The Morgan fingerprint density at radius 3 is 1.10 bits per heavy atom. The summed E-state index contributed by atoms with van der Waals surface area (Å²) >= 11 is 0. The van der Waals surface area contributed by atoms with Gasteiger partial charge in [0.15, 0.2) is 5.82 Å². The Hall–Kier alpha value is -11.6. The summed E-state index contributed by atoms with van der Waals surface area (Å²) in [5.41, 5.74) is 19.4. The highest BCUT2D eigenvalue weighted by Gasteiger charge is 2.20. The second-order valence-electron chi connectivity index (χ2n) is 20.3. The van der Waals surface area contributed by atoms with E-state index in [1.54, 1.807) is 24.3 Å². The molecule has 4 aromatic heterocycles. The van der Waals surface area contributed by atoms with E-state index in [-0.39, 0.29) is 0 Å². The lowest BCUT2D eigenvalue weighted by atomic mass is 9.94. The average Bonchev–Trinajstić information content (AvgIpc) is 4.14. The highest BCUT2D eigenvalue weighted by Crippen LogP contribution is 2.41. The standard InChI is InChI=1S/C73H42N8/c74-43-46-17-21-50(22-18-46)65-42-66(78-73(77-65)52-23-19-47(44-75)20-24-52)51-27-25-48(26-28-51)53-31-36-58(54(39-53)45-76)49-29-32-55(33-30-49)79-71-37-34-56(80-67-13-5-1-9-59(67)60-10-2-6-14-68(60)80)40-63(71)64-41-57(35-38-72(64)79)81-69-15-7-3-11-61(69)62-12-4-8-16-70(62)81/h1-42H. The molecule has 0 aliphatic carbocycles. The number of hydrogen-bond donors (Lipinski definition) is 0. The van der Waals surface area contributed by atoms with Crippen LogP contribution in [0.1, 0.15) is 16.7 Å². The number of fused-ring (bicyclic) bond motifs is 9. The summed E-state index contributed by atoms with van der Waals surface area (Å²) in [5, 5.41) is 36.7. The maximum Gasteiger partial charge on any atom is 0.160 e. The Morgan fingerprint density at radius 1 is 0.272 bits per heavy atom. The van der Waals surface area contributed by atoms with Crippen molar-refractivity contribution in [2.45, 2.75) is 0 Å². The van der Waals surface area contributed by atoms with Gasteiger partial charge in [0, 0.05) is 66.1 Å². The Balaban J connectivity index is 0.796. The zero-order valence-corrected chi connectivity index (χ0v) is 43.3. The maximum absolute atomic E-state index is 10.7. The van der Waals surface area contributed by atoms with Gasteiger partial charge in [-0.15, -0.1) is 0 Å². The molecule has 0 aliphatic rings. The van der Waals surface area contributed by atoms with Crippen molar-refractivity contribution in [2.75, 3.05) is 0 Å². The van der Waals surface area contributed by atoms with E-state index in [0.29, 0.717) is 28.2 Å². The fourth-order valence-electron chi connectivity index (χ4n) is 11.9. The summed E-state index contributed by atoms with van der Waals surface area (Å²) < 4.78 is 7.13. The van der Waals surface area contributed by atoms with Gasteiger partial charge >= 0.3 is 0 Å². The molecule has 0 radical (unpaired) electrons. The minimum atomic E-state index is 0.521. The molecule has 0 atom stereocenters. The first kappa shape index (κ1) is 46.7. The van der Waals surface area contributed by atoms with E-state index in [0.717, 1.165) is 106 Å². The molecule has 15 aromatic rings. The second-order valence-corrected chi connectivity index (χ2v) is 20.3. The molecule has 0 saturated heterocycles. The van der Waals surface area contributed by atoms with Crippen LogP contribution in [-0.4, -0.2) is 23.7 Å². The molecule has 0 bridgehead atoms. The molecule has 0 fully saturated rings.